The number of nitrogens with one attached hydrogen (secondary N) is 1. The molecular formula is C23H28N4O4S. The number of amides is 2. The molecule has 0 radical (unpaired) electrons. The van der Waals surface area contributed by atoms with Gasteiger partial charge in [0.05, 0.1) is 5.69 Å². The third kappa shape index (κ3) is 4.82. The molecule has 1 aromatic carbocycles. The van der Waals surface area contributed by atoms with Gasteiger partial charge in [0.15, 0.2) is 11.9 Å². The lowest BCUT2D eigenvalue weighted by Crippen LogP contribution is -2.47. The van der Waals surface area contributed by atoms with Gasteiger partial charge in [-0.15, -0.1) is 10.2 Å². The average molecular weight is 457 g/mol. The van der Waals surface area contributed by atoms with Crippen LogP contribution in [-0.2, 0) is 9.59 Å². The van der Waals surface area contributed by atoms with E-state index in [9.17, 15) is 14.4 Å². The van der Waals surface area contributed by atoms with Gasteiger partial charge in [0.25, 0.3) is 5.91 Å². The fourth-order valence-electron chi connectivity index (χ4n) is 4.22. The van der Waals surface area contributed by atoms with Crippen molar-refractivity contribution in [2.75, 3.05) is 16.8 Å². The Morgan fingerprint density at radius 1 is 1.22 bits per heavy atom. The minimum absolute atomic E-state index is 0.00475. The maximum Gasteiger partial charge on any atom is 0.268 e. The van der Waals surface area contributed by atoms with Gasteiger partial charge in [-0.2, -0.15) is 0 Å². The predicted molar refractivity (Wildman–Crippen MR) is 122 cm³/mol. The summed E-state index contributed by atoms with van der Waals surface area (Å²) in [7, 11) is 0. The van der Waals surface area contributed by atoms with Crippen LogP contribution >= 0.6 is 11.3 Å². The second-order valence-electron chi connectivity index (χ2n) is 8.37. The fourth-order valence-corrected chi connectivity index (χ4v) is 5.15. The zero-order valence-corrected chi connectivity index (χ0v) is 19.2. The molecule has 1 aromatic heterocycles. The Hall–Kier alpha value is -2.81. The van der Waals surface area contributed by atoms with E-state index in [-0.39, 0.29) is 24.1 Å². The van der Waals surface area contributed by atoms with Gasteiger partial charge >= 0.3 is 0 Å². The highest BCUT2D eigenvalue weighted by molar-refractivity contribution is 7.15. The number of ketones is 1. The molecule has 0 saturated heterocycles. The van der Waals surface area contributed by atoms with E-state index in [4.69, 9.17) is 4.74 Å². The Labute approximate surface area is 191 Å². The second-order valence-corrected chi connectivity index (χ2v) is 9.38. The number of carbonyl (C=O) groups is 3. The molecule has 0 bridgehead atoms. The number of nitrogens with zero attached hydrogens (tertiary/aromatic N) is 3. The highest BCUT2D eigenvalue weighted by Crippen LogP contribution is 2.36. The number of benzene rings is 1. The Bertz CT molecular complexity index is 1020. The lowest BCUT2D eigenvalue weighted by atomic mass is 9.90. The van der Waals surface area contributed by atoms with Gasteiger partial charge in [-0.3, -0.25) is 24.6 Å². The summed E-state index contributed by atoms with van der Waals surface area (Å²) in [6.45, 7) is 3.39. The first kappa shape index (κ1) is 22.4. The van der Waals surface area contributed by atoms with Gasteiger partial charge in [0.2, 0.25) is 11.0 Å². The molecule has 1 unspecified atom stereocenters. The number of hydrogen-bond acceptors (Lipinski definition) is 7. The standard InChI is InChI=1S/C23H28N4O4S/c1-3-7-18(28)16-10-11-19-17(12-16)27(22(30)14(2)31-19)13-20(29)24-23-26-25-21(32-23)15-8-5-4-6-9-15/h10-12,14-15H,3-9,13H2,1-2H3,(H,24,26,29). The zero-order valence-electron chi connectivity index (χ0n) is 18.4. The van der Waals surface area contributed by atoms with Gasteiger partial charge in [-0.05, 0) is 44.4 Å². The van der Waals surface area contributed by atoms with Crippen LogP contribution in [0.3, 0.4) is 0 Å². The highest BCUT2D eigenvalue weighted by atomic mass is 32.1. The third-order valence-electron chi connectivity index (χ3n) is 5.91. The number of aromatic nitrogens is 2. The number of fused-ring (bicyclic) bond motifs is 1. The maximum atomic E-state index is 12.8. The SMILES string of the molecule is CCCC(=O)c1ccc2c(c1)N(CC(=O)Nc1nnc(C3CCCCC3)s1)C(=O)C(C)O2. The molecule has 1 aliphatic heterocycles. The molecule has 2 amide bonds. The molecule has 1 atom stereocenters. The molecule has 2 aromatic rings. The monoisotopic (exact) mass is 456 g/mol. The van der Waals surface area contributed by atoms with Crippen molar-refractivity contribution in [2.24, 2.45) is 0 Å². The van der Waals surface area contributed by atoms with E-state index in [1.54, 1.807) is 25.1 Å². The number of Topliss-reactive ketones (excluding diaryl/α,β-unsaturated/α-hetero) is 1. The van der Waals surface area contributed by atoms with Crippen molar-refractivity contribution in [3.05, 3.63) is 28.8 Å². The molecule has 9 heteroatoms. The van der Waals surface area contributed by atoms with Crippen LogP contribution in [0.4, 0.5) is 10.8 Å². The minimum atomic E-state index is -0.716. The maximum absolute atomic E-state index is 12.8. The van der Waals surface area contributed by atoms with E-state index in [1.807, 2.05) is 6.92 Å². The molecule has 170 valence electrons. The first-order valence-corrected chi connectivity index (χ1v) is 12.1. The van der Waals surface area contributed by atoms with Gasteiger partial charge in [-0.25, -0.2) is 0 Å². The van der Waals surface area contributed by atoms with Crippen LogP contribution in [0.15, 0.2) is 18.2 Å². The largest absolute Gasteiger partial charge is 0.479 e. The summed E-state index contributed by atoms with van der Waals surface area (Å²) in [4.78, 5) is 39.3. The Morgan fingerprint density at radius 3 is 2.75 bits per heavy atom. The molecule has 1 saturated carbocycles. The van der Waals surface area contributed by atoms with E-state index in [0.29, 0.717) is 34.5 Å². The minimum Gasteiger partial charge on any atom is -0.479 e. The number of rotatable bonds is 7. The first-order valence-electron chi connectivity index (χ1n) is 11.2. The van der Waals surface area contributed by atoms with Crippen LogP contribution < -0.4 is 15.0 Å². The van der Waals surface area contributed by atoms with Crippen molar-refractivity contribution >= 4 is 39.8 Å². The van der Waals surface area contributed by atoms with E-state index in [2.05, 4.69) is 15.5 Å². The Morgan fingerprint density at radius 2 is 2.00 bits per heavy atom. The van der Waals surface area contributed by atoms with Crippen LogP contribution in [0.2, 0.25) is 0 Å². The number of hydrogen-bond donors (Lipinski definition) is 1. The smallest absolute Gasteiger partial charge is 0.268 e. The fraction of sp³-hybridized carbons (Fsp3) is 0.522. The van der Waals surface area contributed by atoms with Crippen LogP contribution in [0.1, 0.15) is 80.1 Å². The molecule has 4 rings (SSSR count). The van der Waals surface area contributed by atoms with Crippen LogP contribution in [0.5, 0.6) is 5.75 Å². The summed E-state index contributed by atoms with van der Waals surface area (Å²) < 4.78 is 5.68. The second kappa shape index (κ2) is 9.77. The summed E-state index contributed by atoms with van der Waals surface area (Å²) in [6.07, 6.45) is 6.32. The third-order valence-corrected chi connectivity index (χ3v) is 6.91. The lowest BCUT2D eigenvalue weighted by Gasteiger charge is -2.32. The summed E-state index contributed by atoms with van der Waals surface area (Å²) in [5.41, 5.74) is 0.938. The molecule has 1 aliphatic carbocycles. The van der Waals surface area contributed by atoms with Gasteiger partial charge < -0.3 is 4.74 Å². The van der Waals surface area contributed by atoms with Crippen molar-refractivity contribution in [1.29, 1.82) is 0 Å². The van der Waals surface area contributed by atoms with Crippen molar-refractivity contribution in [2.45, 2.75) is 70.8 Å². The molecule has 2 heterocycles. The van der Waals surface area contributed by atoms with Crippen molar-refractivity contribution in [1.82, 2.24) is 10.2 Å². The highest BCUT2D eigenvalue weighted by Gasteiger charge is 2.33. The average Bonchev–Trinajstić information content (AvgIpc) is 3.26. The zero-order chi connectivity index (χ0) is 22.7. The van der Waals surface area contributed by atoms with E-state index >= 15 is 0 Å². The molecular weight excluding hydrogens is 428 g/mol. The van der Waals surface area contributed by atoms with Crippen LogP contribution in [-0.4, -0.2) is 40.4 Å². The van der Waals surface area contributed by atoms with E-state index < -0.39 is 6.10 Å². The van der Waals surface area contributed by atoms with Gasteiger partial charge in [-0.1, -0.05) is 37.5 Å². The van der Waals surface area contributed by atoms with Crippen molar-refractivity contribution in [3.8, 4) is 5.75 Å². The quantitative estimate of drug-likeness (QED) is 0.623. The molecule has 32 heavy (non-hydrogen) atoms. The molecule has 8 nitrogen and oxygen atoms in total. The van der Waals surface area contributed by atoms with Gasteiger partial charge in [0.1, 0.15) is 17.3 Å². The number of carbonyl (C=O) groups excluding carboxylic acids is 3. The van der Waals surface area contributed by atoms with Gasteiger partial charge in [0, 0.05) is 17.9 Å². The Balaban J connectivity index is 1.49. The van der Waals surface area contributed by atoms with E-state index in [1.165, 1.54) is 35.5 Å². The van der Waals surface area contributed by atoms with E-state index in [0.717, 1.165) is 24.3 Å². The summed E-state index contributed by atoms with van der Waals surface area (Å²) in [5.74, 6) is 0.200. The molecule has 1 fully saturated rings. The molecule has 0 spiro atoms. The van der Waals surface area contributed by atoms with Crippen LogP contribution in [0, 0.1) is 0 Å². The van der Waals surface area contributed by atoms with Crippen molar-refractivity contribution in [3.63, 3.8) is 0 Å². The lowest BCUT2D eigenvalue weighted by molar-refractivity contribution is -0.127. The Kier molecular flexibility index (Phi) is 6.83. The summed E-state index contributed by atoms with van der Waals surface area (Å²) >= 11 is 1.40. The topological polar surface area (TPSA) is 101 Å². The first-order chi connectivity index (χ1) is 15.5. The molecule has 1 N–H and O–H groups in total. The van der Waals surface area contributed by atoms with Crippen LogP contribution in [0.25, 0.3) is 0 Å². The number of ether oxygens (including phenoxy) is 1. The normalized spacial score (nSPS) is 18.8. The summed E-state index contributed by atoms with van der Waals surface area (Å²) in [6, 6.07) is 5.02. The summed E-state index contributed by atoms with van der Waals surface area (Å²) in [5, 5.41) is 12.6. The predicted octanol–water partition coefficient (Wildman–Crippen LogP) is 4.32. The molecule has 2 aliphatic rings. The van der Waals surface area contributed by atoms with Crippen molar-refractivity contribution < 1.29 is 19.1 Å². The number of anilines is 2.